The number of nitrogens with zero attached hydrogens (tertiary/aromatic N) is 3. The van der Waals surface area contributed by atoms with Crippen LogP contribution in [-0.4, -0.2) is 28.5 Å². The maximum Gasteiger partial charge on any atom is 0.240 e. The molecule has 2 N–H and O–H groups in total. The van der Waals surface area contributed by atoms with Crippen LogP contribution < -0.4 is 10.6 Å². The minimum Gasteiger partial charge on any atom is -0.368 e. The lowest BCUT2D eigenvalue weighted by atomic mass is 9.99. The van der Waals surface area contributed by atoms with Gasteiger partial charge in [0.2, 0.25) is 5.91 Å². The molecular formula is C13H19ClN4O. The summed E-state index contributed by atoms with van der Waals surface area (Å²) in [5.74, 6) is 0.641. The van der Waals surface area contributed by atoms with E-state index in [1.54, 1.807) is 0 Å². The van der Waals surface area contributed by atoms with Gasteiger partial charge in [0.15, 0.2) is 0 Å². The number of carbonyl (C=O) groups is 1. The largest absolute Gasteiger partial charge is 0.368 e. The number of piperidine rings is 1. The smallest absolute Gasteiger partial charge is 0.240 e. The van der Waals surface area contributed by atoms with Crippen LogP contribution in [0.25, 0.3) is 0 Å². The SMILES string of the molecule is CC(C)c1c(Cl)ncnc1N1CCCCC1C(N)=O. The third kappa shape index (κ3) is 2.81. The molecule has 1 unspecified atom stereocenters. The van der Waals surface area contributed by atoms with Crippen LogP contribution >= 0.6 is 11.6 Å². The van der Waals surface area contributed by atoms with Gasteiger partial charge in [-0.3, -0.25) is 4.79 Å². The molecule has 2 rings (SSSR count). The fraction of sp³-hybridized carbons (Fsp3) is 0.615. The fourth-order valence-corrected chi connectivity index (χ4v) is 2.92. The van der Waals surface area contributed by atoms with Gasteiger partial charge >= 0.3 is 0 Å². The highest BCUT2D eigenvalue weighted by atomic mass is 35.5. The molecule has 0 saturated carbocycles. The van der Waals surface area contributed by atoms with E-state index in [0.29, 0.717) is 5.15 Å². The van der Waals surface area contributed by atoms with Crippen LogP contribution in [0.1, 0.15) is 44.6 Å². The Bertz CT molecular complexity index is 478. The van der Waals surface area contributed by atoms with Crippen LogP contribution in [0.2, 0.25) is 5.15 Å². The highest BCUT2D eigenvalue weighted by Crippen LogP contribution is 2.33. The average Bonchev–Trinajstić information content (AvgIpc) is 2.37. The zero-order valence-electron chi connectivity index (χ0n) is 11.3. The van der Waals surface area contributed by atoms with Crippen LogP contribution in [0.15, 0.2) is 6.33 Å². The minimum absolute atomic E-state index is 0.194. The first-order chi connectivity index (χ1) is 9.02. The molecule has 1 aromatic heterocycles. The Kier molecular flexibility index (Phi) is 4.24. The third-order valence-corrected chi connectivity index (χ3v) is 3.80. The summed E-state index contributed by atoms with van der Waals surface area (Å²) in [5.41, 5.74) is 6.39. The summed E-state index contributed by atoms with van der Waals surface area (Å²) in [4.78, 5) is 22.0. The van der Waals surface area contributed by atoms with Crippen LogP contribution in [0.5, 0.6) is 0 Å². The number of hydrogen-bond acceptors (Lipinski definition) is 4. The number of primary amides is 1. The molecular weight excluding hydrogens is 264 g/mol. The maximum absolute atomic E-state index is 11.6. The van der Waals surface area contributed by atoms with Crippen molar-refractivity contribution in [2.75, 3.05) is 11.4 Å². The van der Waals surface area contributed by atoms with Crippen LogP contribution in [0.4, 0.5) is 5.82 Å². The van der Waals surface area contributed by atoms with Gasteiger partial charge in [-0.15, -0.1) is 0 Å². The Hall–Kier alpha value is -1.36. The molecule has 5 nitrogen and oxygen atoms in total. The second kappa shape index (κ2) is 5.74. The van der Waals surface area contributed by atoms with E-state index in [4.69, 9.17) is 17.3 Å². The molecule has 1 fully saturated rings. The molecule has 2 heterocycles. The Balaban J connectivity index is 2.44. The number of halogens is 1. The minimum atomic E-state index is -0.302. The number of rotatable bonds is 3. The monoisotopic (exact) mass is 282 g/mol. The summed E-state index contributed by atoms with van der Waals surface area (Å²) < 4.78 is 0. The van der Waals surface area contributed by atoms with E-state index in [1.165, 1.54) is 6.33 Å². The van der Waals surface area contributed by atoms with E-state index in [-0.39, 0.29) is 17.9 Å². The van der Waals surface area contributed by atoms with Gasteiger partial charge in [-0.1, -0.05) is 25.4 Å². The topological polar surface area (TPSA) is 72.1 Å². The number of aromatic nitrogens is 2. The molecule has 19 heavy (non-hydrogen) atoms. The molecule has 0 bridgehead atoms. The van der Waals surface area contributed by atoms with E-state index in [9.17, 15) is 4.79 Å². The van der Waals surface area contributed by atoms with Crippen molar-refractivity contribution >= 4 is 23.3 Å². The second-order valence-electron chi connectivity index (χ2n) is 5.16. The van der Waals surface area contributed by atoms with Crippen LogP contribution in [0.3, 0.4) is 0 Å². The molecule has 0 aromatic carbocycles. The molecule has 1 aromatic rings. The van der Waals surface area contributed by atoms with Crippen molar-refractivity contribution in [3.8, 4) is 0 Å². The standard InChI is InChI=1S/C13H19ClN4O/c1-8(2)10-11(14)16-7-17-13(10)18-6-4-3-5-9(18)12(15)19/h7-9H,3-6H2,1-2H3,(H2,15,19). The van der Waals surface area contributed by atoms with Crippen molar-refractivity contribution < 1.29 is 4.79 Å². The van der Waals surface area contributed by atoms with Gasteiger partial charge in [-0.25, -0.2) is 9.97 Å². The molecule has 1 aliphatic heterocycles. The maximum atomic E-state index is 11.6. The van der Waals surface area contributed by atoms with Crippen molar-refractivity contribution in [2.45, 2.75) is 45.1 Å². The molecule has 6 heteroatoms. The van der Waals surface area contributed by atoms with E-state index in [1.807, 2.05) is 18.7 Å². The Morgan fingerprint density at radius 2 is 2.21 bits per heavy atom. The predicted octanol–water partition coefficient (Wildman–Crippen LogP) is 2.10. The quantitative estimate of drug-likeness (QED) is 0.862. The molecule has 104 valence electrons. The van der Waals surface area contributed by atoms with Gasteiger partial charge in [0.1, 0.15) is 23.3 Å². The lowest BCUT2D eigenvalue weighted by Gasteiger charge is -2.36. The Labute approximate surface area is 118 Å². The number of carbonyl (C=O) groups excluding carboxylic acids is 1. The predicted molar refractivity (Wildman–Crippen MR) is 75.3 cm³/mol. The molecule has 0 spiro atoms. The number of nitrogens with two attached hydrogens (primary N) is 1. The third-order valence-electron chi connectivity index (χ3n) is 3.49. The van der Waals surface area contributed by atoms with Crippen LogP contribution in [-0.2, 0) is 4.79 Å². The number of amides is 1. The molecule has 1 aliphatic rings. The van der Waals surface area contributed by atoms with Crippen molar-refractivity contribution in [3.63, 3.8) is 0 Å². The summed E-state index contributed by atoms with van der Waals surface area (Å²) in [6, 6.07) is -0.294. The van der Waals surface area contributed by atoms with Crippen molar-refractivity contribution in [1.29, 1.82) is 0 Å². The van der Waals surface area contributed by atoms with Gasteiger partial charge in [0.05, 0.1) is 0 Å². The molecule has 0 radical (unpaired) electrons. The van der Waals surface area contributed by atoms with Gasteiger partial charge in [0, 0.05) is 12.1 Å². The fourth-order valence-electron chi connectivity index (χ4n) is 2.57. The van der Waals surface area contributed by atoms with Crippen molar-refractivity contribution in [2.24, 2.45) is 5.73 Å². The second-order valence-corrected chi connectivity index (χ2v) is 5.52. The van der Waals surface area contributed by atoms with E-state index in [2.05, 4.69) is 9.97 Å². The highest BCUT2D eigenvalue weighted by Gasteiger charge is 2.30. The normalized spacial score (nSPS) is 19.8. The molecule has 1 saturated heterocycles. The molecule has 1 amide bonds. The first-order valence-corrected chi connectivity index (χ1v) is 6.96. The summed E-state index contributed by atoms with van der Waals surface area (Å²) in [7, 11) is 0. The van der Waals surface area contributed by atoms with E-state index < -0.39 is 0 Å². The first kappa shape index (κ1) is 14.1. The lowest BCUT2D eigenvalue weighted by molar-refractivity contribution is -0.119. The van der Waals surface area contributed by atoms with Crippen molar-refractivity contribution in [1.82, 2.24) is 9.97 Å². The number of anilines is 1. The average molecular weight is 283 g/mol. The van der Waals surface area contributed by atoms with E-state index in [0.717, 1.165) is 37.2 Å². The lowest BCUT2D eigenvalue weighted by Crippen LogP contribution is -2.48. The summed E-state index contributed by atoms with van der Waals surface area (Å²) in [5, 5.41) is 0.453. The molecule has 0 aliphatic carbocycles. The van der Waals surface area contributed by atoms with Gasteiger partial charge in [-0.05, 0) is 25.2 Å². The Morgan fingerprint density at radius 1 is 1.47 bits per heavy atom. The van der Waals surface area contributed by atoms with Crippen LogP contribution in [0, 0.1) is 0 Å². The summed E-state index contributed by atoms with van der Waals surface area (Å²) in [6.45, 7) is 4.86. The van der Waals surface area contributed by atoms with Gasteiger partial charge < -0.3 is 10.6 Å². The van der Waals surface area contributed by atoms with E-state index >= 15 is 0 Å². The molecule has 1 atom stereocenters. The van der Waals surface area contributed by atoms with Crippen molar-refractivity contribution in [3.05, 3.63) is 17.0 Å². The first-order valence-electron chi connectivity index (χ1n) is 6.58. The highest BCUT2D eigenvalue weighted by molar-refractivity contribution is 6.30. The van der Waals surface area contributed by atoms with Gasteiger partial charge in [0.25, 0.3) is 0 Å². The zero-order valence-corrected chi connectivity index (χ0v) is 12.0. The Morgan fingerprint density at radius 3 is 2.84 bits per heavy atom. The summed E-state index contributed by atoms with van der Waals surface area (Å²) >= 11 is 6.18. The zero-order chi connectivity index (χ0) is 14.0. The number of hydrogen-bond donors (Lipinski definition) is 1. The summed E-state index contributed by atoms with van der Waals surface area (Å²) in [6.07, 6.45) is 4.26. The van der Waals surface area contributed by atoms with Gasteiger partial charge in [-0.2, -0.15) is 0 Å².